The highest BCUT2D eigenvalue weighted by Crippen LogP contribution is 2.40. The van der Waals surface area contributed by atoms with Crippen molar-refractivity contribution < 1.29 is 14.1 Å². The molecule has 0 atom stereocenters. The minimum Gasteiger partial charge on any atom is -0.454 e. The van der Waals surface area contributed by atoms with Gasteiger partial charge < -0.3 is 9.26 Å². The van der Waals surface area contributed by atoms with Crippen molar-refractivity contribution in [2.75, 3.05) is 0 Å². The average molecular weight is 342 g/mol. The summed E-state index contributed by atoms with van der Waals surface area (Å²) in [5, 5.41) is 16.0. The zero-order valence-electron chi connectivity index (χ0n) is 14.1. The fraction of sp³-hybridized carbons (Fsp3) is 0.500. The Labute approximate surface area is 143 Å². The Balaban J connectivity index is 1.60. The van der Waals surface area contributed by atoms with Crippen molar-refractivity contribution in [3.63, 3.8) is 0 Å². The Morgan fingerprint density at radius 3 is 3.04 bits per heavy atom. The van der Waals surface area contributed by atoms with Crippen LogP contribution < -0.4 is 0 Å². The summed E-state index contributed by atoms with van der Waals surface area (Å²) in [5.74, 6) is 0.454. The van der Waals surface area contributed by atoms with Crippen LogP contribution in [0.3, 0.4) is 0 Å². The third-order valence-corrected chi connectivity index (χ3v) is 4.23. The molecule has 0 unspecified atom stereocenters. The first kappa shape index (κ1) is 15.7. The van der Waals surface area contributed by atoms with Crippen LogP contribution >= 0.6 is 0 Å². The van der Waals surface area contributed by atoms with Gasteiger partial charge in [0, 0.05) is 18.2 Å². The molecule has 9 heteroatoms. The Hall–Kier alpha value is -2.84. The lowest BCUT2D eigenvalue weighted by Crippen LogP contribution is -2.12. The van der Waals surface area contributed by atoms with Gasteiger partial charge in [0.2, 0.25) is 0 Å². The van der Waals surface area contributed by atoms with Crippen molar-refractivity contribution in [2.45, 2.75) is 52.2 Å². The summed E-state index contributed by atoms with van der Waals surface area (Å²) in [4.78, 5) is 17.1. The lowest BCUT2D eigenvalue weighted by molar-refractivity contribution is 0.0458. The Morgan fingerprint density at radius 2 is 2.28 bits per heavy atom. The number of aromatic nitrogens is 6. The molecule has 0 spiro atoms. The highest BCUT2D eigenvalue weighted by molar-refractivity contribution is 6.03. The van der Waals surface area contributed by atoms with Gasteiger partial charge >= 0.3 is 5.97 Å². The van der Waals surface area contributed by atoms with Crippen LogP contribution in [0.5, 0.6) is 0 Å². The van der Waals surface area contributed by atoms with E-state index in [9.17, 15) is 4.79 Å². The molecular weight excluding hydrogens is 324 g/mol. The van der Waals surface area contributed by atoms with Crippen LogP contribution in [0.2, 0.25) is 0 Å². The van der Waals surface area contributed by atoms with Crippen molar-refractivity contribution in [3.8, 4) is 0 Å². The van der Waals surface area contributed by atoms with E-state index in [2.05, 4.69) is 25.7 Å². The zero-order chi connectivity index (χ0) is 17.4. The Morgan fingerprint density at radius 1 is 1.44 bits per heavy atom. The van der Waals surface area contributed by atoms with Crippen molar-refractivity contribution in [1.29, 1.82) is 0 Å². The highest BCUT2D eigenvalue weighted by atomic mass is 16.5. The molecule has 3 aromatic rings. The second-order valence-corrected chi connectivity index (χ2v) is 6.21. The number of nitrogens with zero attached hydrogens (tertiary/aromatic N) is 6. The Kier molecular flexibility index (Phi) is 3.90. The maximum Gasteiger partial charge on any atom is 0.339 e. The van der Waals surface area contributed by atoms with Gasteiger partial charge in [-0.3, -0.25) is 0 Å². The SMILES string of the molecule is CCCn1nnnc1COC(=O)c1cc(C2CC2)nc2onc(C)c12. The number of carbonyl (C=O) groups is 1. The van der Waals surface area contributed by atoms with E-state index in [-0.39, 0.29) is 6.61 Å². The summed E-state index contributed by atoms with van der Waals surface area (Å²) in [7, 11) is 0. The van der Waals surface area contributed by atoms with Gasteiger partial charge in [-0.25, -0.2) is 14.5 Å². The van der Waals surface area contributed by atoms with E-state index < -0.39 is 5.97 Å². The van der Waals surface area contributed by atoms with Crippen LogP contribution in [-0.4, -0.2) is 36.3 Å². The summed E-state index contributed by atoms with van der Waals surface area (Å²) in [6.45, 7) is 4.50. The van der Waals surface area contributed by atoms with Crippen LogP contribution in [0.1, 0.15) is 59.7 Å². The van der Waals surface area contributed by atoms with E-state index in [1.807, 2.05) is 6.92 Å². The standard InChI is InChI=1S/C16H18N6O3/c1-3-6-22-13(18-20-21-22)8-24-16(23)11-7-12(10-4-5-10)17-15-14(11)9(2)19-25-15/h7,10H,3-6,8H2,1-2H3. The third kappa shape index (κ3) is 2.97. The number of hydrogen-bond acceptors (Lipinski definition) is 8. The Bertz CT molecular complexity index is 927. The molecule has 1 saturated carbocycles. The molecule has 0 amide bonds. The van der Waals surface area contributed by atoms with E-state index in [1.165, 1.54) is 0 Å². The molecule has 0 N–H and O–H groups in total. The van der Waals surface area contributed by atoms with Gasteiger partial charge in [0.15, 0.2) is 12.4 Å². The second kappa shape index (κ2) is 6.23. The maximum atomic E-state index is 12.7. The first-order chi connectivity index (χ1) is 12.2. The molecule has 0 radical (unpaired) electrons. The molecule has 3 heterocycles. The second-order valence-electron chi connectivity index (χ2n) is 6.21. The first-order valence-electron chi connectivity index (χ1n) is 8.36. The summed E-state index contributed by atoms with van der Waals surface area (Å²) in [5.41, 5.74) is 2.28. The van der Waals surface area contributed by atoms with E-state index in [0.717, 1.165) is 25.0 Å². The van der Waals surface area contributed by atoms with Gasteiger partial charge in [-0.2, -0.15) is 0 Å². The normalized spacial score (nSPS) is 14.2. The van der Waals surface area contributed by atoms with Gasteiger partial charge in [0.1, 0.15) is 0 Å². The van der Waals surface area contributed by atoms with Crippen molar-refractivity contribution in [1.82, 2.24) is 30.3 Å². The van der Waals surface area contributed by atoms with E-state index >= 15 is 0 Å². The molecule has 0 bridgehead atoms. The highest BCUT2D eigenvalue weighted by Gasteiger charge is 2.29. The van der Waals surface area contributed by atoms with Gasteiger partial charge in [0.25, 0.3) is 5.71 Å². The van der Waals surface area contributed by atoms with Crippen LogP contribution in [0.4, 0.5) is 0 Å². The summed E-state index contributed by atoms with van der Waals surface area (Å²) < 4.78 is 12.3. The lowest BCUT2D eigenvalue weighted by atomic mass is 10.1. The summed E-state index contributed by atoms with van der Waals surface area (Å²) >= 11 is 0. The van der Waals surface area contributed by atoms with E-state index in [0.29, 0.717) is 40.6 Å². The van der Waals surface area contributed by atoms with E-state index in [1.54, 1.807) is 17.7 Å². The monoisotopic (exact) mass is 342 g/mol. The van der Waals surface area contributed by atoms with Crippen LogP contribution in [-0.2, 0) is 17.9 Å². The molecule has 130 valence electrons. The van der Waals surface area contributed by atoms with Crippen molar-refractivity contribution >= 4 is 17.1 Å². The number of aryl methyl sites for hydroxylation is 2. The molecule has 1 aliphatic rings. The van der Waals surface area contributed by atoms with Crippen molar-refractivity contribution in [3.05, 3.63) is 28.8 Å². The van der Waals surface area contributed by atoms with Gasteiger partial charge in [-0.15, -0.1) is 5.10 Å². The molecule has 9 nitrogen and oxygen atoms in total. The minimum absolute atomic E-state index is 0.0126. The molecule has 4 rings (SSSR count). The number of pyridine rings is 1. The third-order valence-electron chi connectivity index (χ3n) is 4.23. The zero-order valence-corrected chi connectivity index (χ0v) is 14.1. The van der Waals surface area contributed by atoms with Gasteiger partial charge in [0.05, 0.1) is 16.6 Å². The number of hydrogen-bond donors (Lipinski definition) is 0. The summed E-state index contributed by atoms with van der Waals surface area (Å²) in [6, 6.07) is 1.79. The quantitative estimate of drug-likeness (QED) is 0.627. The average Bonchev–Trinajstić information content (AvgIpc) is 3.27. The molecule has 1 aliphatic carbocycles. The molecule has 25 heavy (non-hydrogen) atoms. The number of rotatable bonds is 6. The molecule has 1 fully saturated rings. The van der Waals surface area contributed by atoms with Crippen LogP contribution in [0.15, 0.2) is 10.6 Å². The minimum atomic E-state index is -0.452. The largest absolute Gasteiger partial charge is 0.454 e. The number of tetrazole rings is 1. The van der Waals surface area contributed by atoms with E-state index in [4.69, 9.17) is 9.26 Å². The number of carbonyl (C=O) groups excluding carboxylic acids is 1. The molecule has 0 saturated heterocycles. The predicted octanol–water partition coefficient (Wildman–Crippen LogP) is 2.16. The molecular formula is C16H18N6O3. The van der Waals surface area contributed by atoms with Crippen molar-refractivity contribution in [2.24, 2.45) is 0 Å². The fourth-order valence-corrected chi connectivity index (χ4v) is 2.78. The summed E-state index contributed by atoms with van der Waals surface area (Å²) in [6.07, 6.45) is 3.04. The smallest absolute Gasteiger partial charge is 0.339 e. The molecule has 0 aliphatic heterocycles. The van der Waals surface area contributed by atoms with Gasteiger partial charge in [-0.05, 0) is 42.7 Å². The number of fused-ring (bicyclic) bond motifs is 1. The lowest BCUT2D eigenvalue weighted by Gasteiger charge is -2.07. The maximum absolute atomic E-state index is 12.7. The fourth-order valence-electron chi connectivity index (χ4n) is 2.78. The number of esters is 1. The molecule has 3 aromatic heterocycles. The number of ether oxygens (including phenoxy) is 1. The predicted molar refractivity (Wildman–Crippen MR) is 85.7 cm³/mol. The van der Waals surface area contributed by atoms with Gasteiger partial charge in [-0.1, -0.05) is 12.1 Å². The van der Waals surface area contributed by atoms with Crippen LogP contribution in [0, 0.1) is 6.92 Å². The first-order valence-corrected chi connectivity index (χ1v) is 8.36. The topological polar surface area (TPSA) is 109 Å². The molecule has 0 aromatic carbocycles. The van der Waals surface area contributed by atoms with Crippen LogP contribution in [0.25, 0.3) is 11.1 Å².